The molecule has 1 aromatic rings. The molecule has 2 nitrogen and oxygen atoms in total. The van der Waals surface area contributed by atoms with Crippen molar-refractivity contribution in [1.29, 1.82) is 0 Å². The van der Waals surface area contributed by atoms with Gasteiger partial charge < -0.3 is 10.1 Å². The van der Waals surface area contributed by atoms with E-state index in [-0.39, 0.29) is 0 Å². The van der Waals surface area contributed by atoms with Crippen LogP contribution in [-0.2, 0) is 0 Å². The minimum atomic E-state index is 0.446. The van der Waals surface area contributed by atoms with Gasteiger partial charge in [-0.1, -0.05) is 38.7 Å². The number of ether oxygens (including phenoxy) is 1. The molecule has 1 aromatic carbocycles. The van der Waals surface area contributed by atoms with Crippen LogP contribution < -0.4 is 10.1 Å². The number of hydrogen-bond acceptors (Lipinski definition) is 2. The molecule has 1 aliphatic carbocycles. The predicted molar refractivity (Wildman–Crippen MR) is 92.9 cm³/mol. The summed E-state index contributed by atoms with van der Waals surface area (Å²) in [6.07, 6.45) is 9.34. The van der Waals surface area contributed by atoms with Gasteiger partial charge in [-0.2, -0.15) is 0 Å². The van der Waals surface area contributed by atoms with Gasteiger partial charge in [-0.3, -0.25) is 0 Å². The Morgan fingerprint density at radius 2 is 2.10 bits per heavy atom. The lowest BCUT2D eigenvalue weighted by atomic mass is 9.95. The van der Waals surface area contributed by atoms with E-state index in [2.05, 4.69) is 53.4 Å². The van der Waals surface area contributed by atoms with Crippen LogP contribution in [0.5, 0.6) is 5.75 Å². The summed E-state index contributed by atoms with van der Waals surface area (Å²) in [5.41, 5.74) is 1.35. The highest BCUT2D eigenvalue weighted by Gasteiger charge is 2.18. The summed E-state index contributed by atoms with van der Waals surface area (Å²) in [4.78, 5) is 0. The fraction of sp³-hybridized carbons (Fsp3) is 0.667. The van der Waals surface area contributed by atoms with E-state index in [0.29, 0.717) is 6.04 Å². The van der Waals surface area contributed by atoms with Crippen molar-refractivity contribution in [1.82, 2.24) is 5.32 Å². The van der Waals surface area contributed by atoms with Gasteiger partial charge in [0.1, 0.15) is 5.75 Å². The highest BCUT2D eigenvalue weighted by molar-refractivity contribution is 9.10. The van der Waals surface area contributed by atoms with Gasteiger partial charge in [0.15, 0.2) is 0 Å². The molecule has 1 atom stereocenters. The van der Waals surface area contributed by atoms with Gasteiger partial charge in [0.2, 0.25) is 0 Å². The highest BCUT2D eigenvalue weighted by Crippen LogP contribution is 2.33. The van der Waals surface area contributed by atoms with E-state index < -0.39 is 0 Å². The maximum atomic E-state index is 5.73. The number of hydrogen-bond donors (Lipinski definition) is 1. The average molecular weight is 354 g/mol. The third-order valence-electron chi connectivity index (χ3n) is 4.51. The van der Waals surface area contributed by atoms with Crippen molar-refractivity contribution in [3.63, 3.8) is 0 Å². The van der Waals surface area contributed by atoms with E-state index in [1.807, 2.05) is 0 Å². The summed E-state index contributed by atoms with van der Waals surface area (Å²) in [5, 5.41) is 3.47. The summed E-state index contributed by atoms with van der Waals surface area (Å²) in [6, 6.07) is 6.95. The van der Waals surface area contributed by atoms with Gasteiger partial charge in [0.25, 0.3) is 0 Å². The third-order valence-corrected chi connectivity index (χ3v) is 5.13. The quantitative estimate of drug-likeness (QED) is 0.668. The number of nitrogens with one attached hydrogen (secondary N) is 1. The van der Waals surface area contributed by atoms with Crippen molar-refractivity contribution in [3.8, 4) is 5.75 Å². The van der Waals surface area contributed by atoms with Crippen molar-refractivity contribution in [3.05, 3.63) is 28.2 Å². The van der Waals surface area contributed by atoms with Crippen LogP contribution in [0.1, 0.15) is 63.5 Å². The first-order valence-electron chi connectivity index (χ1n) is 8.34. The van der Waals surface area contributed by atoms with E-state index in [0.717, 1.165) is 29.2 Å². The van der Waals surface area contributed by atoms with Crippen molar-refractivity contribution in [2.24, 2.45) is 5.92 Å². The van der Waals surface area contributed by atoms with Crippen molar-refractivity contribution in [2.75, 3.05) is 13.7 Å². The van der Waals surface area contributed by atoms with Gasteiger partial charge in [-0.05, 0) is 65.9 Å². The van der Waals surface area contributed by atoms with Crippen LogP contribution in [0.25, 0.3) is 0 Å². The summed E-state index contributed by atoms with van der Waals surface area (Å²) in [7, 11) is 2.06. The zero-order valence-corrected chi connectivity index (χ0v) is 14.9. The molecule has 118 valence electrons. The standard InChI is InChI=1S/C18H28BrNO/c1-3-12-21-18-11-9-15(13-16(18)19)17(20-2)10-8-14-6-4-5-7-14/h9,11,13-14,17,20H,3-8,10,12H2,1-2H3. The largest absolute Gasteiger partial charge is 0.492 e. The SMILES string of the molecule is CCCOc1ccc(C(CCC2CCCC2)NC)cc1Br. The number of halogens is 1. The maximum Gasteiger partial charge on any atom is 0.133 e. The van der Waals surface area contributed by atoms with E-state index in [9.17, 15) is 0 Å². The van der Waals surface area contributed by atoms with Gasteiger partial charge in [-0.15, -0.1) is 0 Å². The molecular formula is C18H28BrNO. The fourth-order valence-electron chi connectivity index (χ4n) is 3.24. The number of benzene rings is 1. The molecular weight excluding hydrogens is 326 g/mol. The Hall–Kier alpha value is -0.540. The molecule has 1 N–H and O–H groups in total. The van der Waals surface area contributed by atoms with Crippen LogP contribution in [0.15, 0.2) is 22.7 Å². The minimum Gasteiger partial charge on any atom is -0.492 e. The Morgan fingerprint density at radius 3 is 2.71 bits per heavy atom. The lowest BCUT2D eigenvalue weighted by Crippen LogP contribution is -2.17. The van der Waals surface area contributed by atoms with Gasteiger partial charge in [-0.25, -0.2) is 0 Å². The second-order valence-electron chi connectivity index (χ2n) is 6.11. The molecule has 21 heavy (non-hydrogen) atoms. The van der Waals surface area contributed by atoms with E-state index >= 15 is 0 Å². The van der Waals surface area contributed by atoms with Crippen molar-refractivity contribution < 1.29 is 4.74 Å². The van der Waals surface area contributed by atoms with E-state index in [4.69, 9.17) is 4.74 Å². The first-order chi connectivity index (χ1) is 10.2. The molecule has 0 heterocycles. The highest BCUT2D eigenvalue weighted by atomic mass is 79.9. The van der Waals surface area contributed by atoms with Crippen LogP contribution in [0.2, 0.25) is 0 Å². The smallest absolute Gasteiger partial charge is 0.133 e. The van der Waals surface area contributed by atoms with Gasteiger partial charge in [0, 0.05) is 6.04 Å². The van der Waals surface area contributed by atoms with E-state index in [1.165, 1.54) is 44.1 Å². The molecule has 0 spiro atoms. The van der Waals surface area contributed by atoms with Crippen LogP contribution in [-0.4, -0.2) is 13.7 Å². The maximum absolute atomic E-state index is 5.73. The zero-order chi connectivity index (χ0) is 15.1. The molecule has 0 aromatic heterocycles. The summed E-state index contributed by atoms with van der Waals surface area (Å²) < 4.78 is 6.79. The minimum absolute atomic E-state index is 0.446. The molecule has 0 radical (unpaired) electrons. The Balaban J connectivity index is 1.95. The van der Waals surface area contributed by atoms with E-state index in [1.54, 1.807) is 0 Å². The summed E-state index contributed by atoms with van der Waals surface area (Å²) >= 11 is 3.64. The first kappa shape index (κ1) is 16.8. The molecule has 0 aliphatic heterocycles. The lowest BCUT2D eigenvalue weighted by Gasteiger charge is -2.20. The molecule has 3 heteroatoms. The molecule has 0 saturated heterocycles. The molecule has 0 amide bonds. The second kappa shape index (κ2) is 8.79. The Bertz CT molecular complexity index is 429. The number of rotatable bonds is 8. The molecule has 2 rings (SSSR count). The molecule has 0 bridgehead atoms. The van der Waals surface area contributed by atoms with Crippen molar-refractivity contribution in [2.45, 2.75) is 57.9 Å². The van der Waals surface area contributed by atoms with Crippen LogP contribution in [0, 0.1) is 5.92 Å². The van der Waals surface area contributed by atoms with Gasteiger partial charge in [0.05, 0.1) is 11.1 Å². The molecule has 1 saturated carbocycles. The first-order valence-corrected chi connectivity index (χ1v) is 9.13. The Morgan fingerprint density at radius 1 is 1.33 bits per heavy atom. The zero-order valence-electron chi connectivity index (χ0n) is 13.3. The normalized spacial score (nSPS) is 17.1. The van der Waals surface area contributed by atoms with Gasteiger partial charge >= 0.3 is 0 Å². The lowest BCUT2D eigenvalue weighted by molar-refractivity contribution is 0.315. The third kappa shape index (κ3) is 5.00. The summed E-state index contributed by atoms with van der Waals surface area (Å²) in [5.74, 6) is 1.91. The second-order valence-corrected chi connectivity index (χ2v) is 6.96. The molecule has 1 fully saturated rings. The predicted octanol–water partition coefficient (Wildman–Crippen LogP) is 5.47. The monoisotopic (exact) mass is 353 g/mol. The van der Waals surface area contributed by atoms with Crippen LogP contribution in [0.4, 0.5) is 0 Å². The Labute approximate surface area is 137 Å². The Kier molecular flexibility index (Phi) is 7.05. The average Bonchev–Trinajstić information content (AvgIpc) is 3.00. The topological polar surface area (TPSA) is 21.3 Å². The fourth-order valence-corrected chi connectivity index (χ4v) is 3.75. The van der Waals surface area contributed by atoms with Crippen LogP contribution in [0.3, 0.4) is 0 Å². The van der Waals surface area contributed by atoms with Crippen molar-refractivity contribution >= 4 is 15.9 Å². The molecule has 1 unspecified atom stereocenters. The van der Waals surface area contributed by atoms with Crippen LogP contribution >= 0.6 is 15.9 Å². The molecule has 1 aliphatic rings. The summed E-state index contributed by atoms with van der Waals surface area (Å²) in [6.45, 7) is 2.90.